The quantitative estimate of drug-likeness (QED) is 0.745. The summed E-state index contributed by atoms with van der Waals surface area (Å²) in [6.45, 7) is 3.37. The third-order valence-corrected chi connectivity index (χ3v) is 4.10. The lowest BCUT2D eigenvalue weighted by Gasteiger charge is -2.29. The van der Waals surface area contributed by atoms with Gasteiger partial charge in [0.05, 0.1) is 17.4 Å². The molecule has 128 valence electrons. The van der Waals surface area contributed by atoms with Gasteiger partial charge in [-0.3, -0.25) is 4.79 Å². The number of piperazine rings is 1. The summed E-state index contributed by atoms with van der Waals surface area (Å²) in [6.07, 6.45) is 2.21. The van der Waals surface area contributed by atoms with Crippen LogP contribution in [0.3, 0.4) is 0 Å². The minimum Gasteiger partial charge on any atom is -0.503 e. The van der Waals surface area contributed by atoms with Gasteiger partial charge in [-0.1, -0.05) is 0 Å². The first-order chi connectivity index (χ1) is 12.0. The largest absolute Gasteiger partial charge is 0.503 e. The van der Waals surface area contributed by atoms with E-state index in [1.54, 1.807) is 12.1 Å². The number of anilines is 1. The smallest absolute Gasteiger partial charge is 0.341 e. The first-order valence-electron chi connectivity index (χ1n) is 7.70. The Morgan fingerprint density at radius 3 is 2.60 bits per heavy atom. The van der Waals surface area contributed by atoms with E-state index >= 15 is 0 Å². The summed E-state index contributed by atoms with van der Waals surface area (Å²) >= 11 is 0. The zero-order valence-corrected chi connectivity index (χ0v) is 13.3. The number of nitrogens with one attached hydrogen (secondary N) is 1. The van der Waals surface area contributed by atoms with Crippen LogP contribution in [0, 0.1) is 11.3 Å². The van der Waals surface area contributed by atoms with Crippen molar-refractivity contribution in [3.05, 3.63) is 51.9 Å². The maximum atomic E-state index is 11.7. The number of hydrogen-bond donors (Lipinski definition) is 3. The van der Waals surface area contributed by atoms with Gasteiger partial charge in [0.15, 0.2) is 5.75 Å². The molecule has 1 aromatic heterocycles. The highest BCUT2D eigenvalue weighted by molar-refractivity contribution is 5.87. The Labute approximate surface area is 143 Å². The van der Waals surface area contributed by atoms with E-state index in [-0.39, 0.29) is 0 Å². The molecule has 0 aliphatic carbocycles. The lowest BCUT2D eigenvalue weighted by Crippen LogP contribution is -2.43. The fourth-order valence-electron chi connectivity index (χ4n) is 2.81. The zero-order chi connectivity index (χ0) is 18.0. The van der Waals surface area contributed by atoms with Crippen LogP contribution < -0.4 is 15.6 Å². The van der Waals surface area contributed by atoms with Gasteiger partial charge in [-0.2, -0.15) is 5.26 Å². The Bertz CT molecular complexity index is 923. The molecule has 3 rings (SSSR count). The van der Waals surface area contributed by atoms with Crippen molar-refractivity contribution in [2.75, 3.05) is 31.1 Å². The second kappa shape index (κ2) is 6.67. The van der Waals surface area contributed by atoms with Gasteiger partial charge in [0, 0.05) is 38.1 Å². The average Bonchev–Trinajstić information content (AvgIpc) is 2.63. The lowest BCUT2D eigenvalue weighted by molar-refractivity contribution is 0.0694. The molecule has 25 heavy (non-hydrogen) atoms. The summed E-state index contributed by atoms with van der Waals surface area (Å²) in [5, 5.41) is 31.5. The third kappa shape index (κ3) is 3.18. The molecule has 8 nitrogen and oxygen atoms in total. The fraction of sp³-hybridized carbons (Fsp3) is 0.235. The predicted octanol–water partition coefficient (Wildman–Crippen LogP) is 0.523. The van der Waals surface area contributed by atoms with E-state index in [9.17, 15) is 20.0 Å². The number of rotatable bonds is 3. The van der Waals surface area contributed by atoms with E-state index in [0.717, 1.165) is 44.3 Å². The van der Waals surface area contributed by atoms with Gasteiger partial charge >= 0.3 is 5.97 Å². The van der Waals surface area contributed by atoms with E-state index in [2.05, 4.69) is 16.3 Å². The van der Waals surface area contributed by atoms with Crippen LogP contribution in [-0.4, -0.2) is 46.9 Å². The molecule has 0 unspecified atom stereocenters. The van der Waals surface area contributed by atoms with Crippen molar-refractivity contribution in [3.63, 3.8) is 0 Å². The molecular formula is C17H16N4O4. The number of pyridine rings is 1. The maximum Gasteiger partial charge on any atom is 0.341 e. The van der Waals surface area contributed by atoms with Crippen molar-refractivity contribution in [2.45, 2.75) is 0 Å². The second-order valence-corrected chi connectivity index (χ2v) is 5.65. The highest BCUT2D eigenvalue weighted by Crippen LogP contribution is 2.23. The highest BCUT2D eigenvalue weighted by atomic mass is 16.4. The van der Waals surface area contributed by atoms with E-state index in [1.807, 2.05) is 6.07 Å². The Morgan fingerprint density at radius 2 is 1.96 bits per heavy atom. The molecule has 1 saturated heterocycles. The molecule has 2 heterocycles. The number of nitriles is 1. The topological polar surface area (TPSA) is 119 Å². The van der Waals surface area contributed by atoms with E-state index in [1.165, 1.54) is 4.57 Å². The van der Waals surface area contributed by atoms with Gasteiger partial charge in [-0.15, -0.1) is 0 Å². The predicted molar refractivity (Wildman–Crippen MR) is 90.5 cm³/mol. The number of aromatic nitrogens is 1. The van der Waals surface area contributed by atoms with E-state index in [0.29, 0.717) is 11.3 Å². The molecule has 0 bridgehead atoms. The van der Waals surface area contributed by atoms with Gasteiger partial charge < -0.3 is 25.0 Å². The van der Waals surface area contributed by atoms with E-state index < -0.39 is 22.7 Å². The molecule has 1 aliphatic rings. The standard InChI is InChI=1S/C17H16N4O4/c18-8-11-7-12(20-5-3-19-4-6-20)1-2-14(11)21-9-13(17(24)25)16(23)15(22)10-21/h1-2,7,9-10,19,22H,3-6H2,(H,24,25). The minimum atomic E-state index is -1.44. The summed E-state index contributed by atoms with van der Waals surface area (Å²) in [6, 6.07) is 7.31. The van der Waals surface area contributed by atoms with Crippen LogP contribution in [0.1, 0.15) is 15.9 Å². The van der Waals surface area contributed by atoms with Crippen molar-refractivity contribution < 1.29 is 15.0 Å². The first-order valence-corrected chi connectivity index (χ1v) is 7.70. The summed E-state index contributed by atoms with van der Waals surface area (Å²) < 4.78 is 1.28. The highest BCUT2D eigenvalue weighted by Gasteiger charge is 2.17. The van der Waals surface area contributed by atoms with Crippen LogP contribution in [0.25, 0.3) is 5.69 Å². The van der Waals surface area contributed by atoms with Crippen molar-refractivity contribution in [2.24, 2.45) is 0 Å². The Morgan fingerprint density at radius 1 is 1.24 bits per heavy atom. The molecule has 8 heteroatoms. The molecule has 2 aromatic rings. The van der Waals surface area contributed by atoms with Gasteiger partial charge in [0.1, 0.15) is 11.6 Å². The molecule has 0 atom stereocenters. The van der Waals surface area contributed by atoms with Gasteiger partial charge in [-0.05, 0) is 18.2 Å². The number of benzene rings is 1. The molecular weight excluding hydrogens is 324 g/mol. The number of aromatic hydroxyl groups is 1. The molecule has 3 N–H and O–H groups in total. The van der Waals surface area contributed by atoms with Crippen molar-refractivity contribution in [3.8, 4) is 17.5 Å². The van der Waals surface area contributed by atoms with Gasteiger partial charge in [0.25, 0.3) is 0 Å². The SMILES string of the molecule is N#Cc1cc(N2CCNCC2)ccc1-n1cc(O)c(=O)c(C(=O)O)c1. The Hall–Kier alpha value is -3.31. The van der Waals surface area contributed by atoms with Crippen LogP contribution in [0.15, 0.2) is 35.4 Å². The maximum absolute atomic E-state index is 11.7. The molecule has 0 spiro atoms. The molecule has 1 fully saturated rings. The zero-order valence-electron chi connectivity index (χ0n) is 13.3. The summed E-state index contributed by atoms with van der Waals surface area (Å²) in [7, 11) is 0. The minimum absolute atomic E-state index is 0.315. The average molecular weight is 340 g/mol. The molecule has 0 amide bonds. The molecule has 1 aliphatic heterocycles. The van der Waals surface area contributed by atoms with Crippen molar-refractivity contribution in [1.82, 2.24) is 9.88 Å². The van der Waals surface area contributed by atoms with Crippen molar-refractivity contribution >= 4 is 11.7 Å². The monoisotopic (exact) mass is 340 g/mol. The fourth-order valence-corrected chi connectivity index (χ4v) is 2.81. The van der Waals surface area contributed by atoms with Crippen LogP contribution in [-0.2, 0) is 0 Å². The van der Waals surface area contributed by atoms with Crippen LogP contribution >= 0.6 is 0 Å². The van der Waals surface area contributed by atoms with Crippen molar-refractivity contribution in [1.29, 1.82) is 5.26 Å². The Balaban J connectivity index is 2.07. The molecule has 0 saturated carbocycles. The number of carbonyl (C=O) groups is 1. The number of aromatic carboxylic acids is 1. The van der Waals surface area contributed by atoms with Gasteiger partial charge in [0.2, 0.25) is 5.43 Å². The molecule has 0 radical (unpaired) electrons. The number of carboxylic acid groups (broad SMARTS) is 1. The molecule has 1 aromatic carbocycles. The lowest BCUT2D eigenvalue weighted by atomic mass is 10.1. The summed E-state index contributed by atoms with van der Waals surface area (Å²) in [5.41, 5.74) is 0.0786. The van der Waals surface area contributed by atoms with Gasteiger partial charge in [-0.25, -0.2) is 4.79 Å². The van der Waals surface area contributed by atoms with Crippen LogP contribution in [0.2, 0.25) is 0 Å². The Kier molecular flexibility index (Phi) is 4.41. The second-order valence-electron chi connectivity index (χ2n) is 5.65. The first kappa shape index (κ1) is 16.5. The third-order valence-electron chi connectivity index (χ3n) is 4.10. The summed E-state index contributed by atoms with van der Waals surface area (Å²) in [5.74, 6) is -2.12. The van der Waals surface area contributed by atoms with E-state index in [4.69, 9.17) is 5.11 Å². The number of carboxylic acids is 1. The summed E-state index contributed by atoms with van der Waals surface area (Å²) in [4.78, 5) is 25.0. The van der Waals surface area contributed by atoms with Crippen LogP contribution in [0.4, 0.5) is 5.69 Å². The van der Waals surface area contributed by atoms with Crippen LogP contribution in [0.5, 0.6) is 5.75 Å². The number of hydrogen-bond acceptors (Lipinski definition) is 6. The normalized spacial score (nSPS) is 14.1. The number of nitrogens with zero attached hydrogens (tertiary/aromatic N) is 3.